The second kappa shape index (κ2) is 10.1. The number of hydrogen-bond acceptors (Lipinski definition) is 5. The number of carbonyl (C=O) groups is 1. The zero-order valence-corrected chi connectivity index (χ0v) is 18.5. The molecule has 3 aromatic carbocycles. The number of non-ortho nitro benzene ring substituents is 1. The van der Waals surface area contributed by atoms with E-state index < -0.39 is 16.6 Å². The highest BCUT2D eigenvalue weighted by atomic mass is 32.2. The number of amides is 1. The summed E-state index contributed by atoms with van der Waals surface area (Å²) in [6.45, 7) is 0.377. The molecular weight excluding hydrogens is 457 g/mol. The number of carbonyl (C=O) groups excluding carboxylic acids is 1. The maximum Gasteiger partial charge on any atom is 0.270 e. The van der Waals surface area contributed by atoms with Crippen LogP contribution in [-0.4, -0.2) is 15.4 Å². The summed E-state index contributed by atoms with van der Waals surface area (Å²) in [4.78, 5) is 36.2. The van der Waals surface area contributed by atoms with Crippen molar-refractivity contribution in [3.63, 3.8) is 0 Å². The molecular formula is C25H18FN3O4S. The minimum atomic E-state index is -0.589. The van der Waals surface area contributed by atoms with Gasteiger partial charge in [0, 0.05) is 39.9 Å². The summed E-state index contributed by atoms with van der Waals surface area (Å²) < 4.78 is 15.7. The van der Waals surface area contributed by atoms with Gasteiger partial charge in [-0.1, -0.05) is 42.1 Å². The van der Waals surface area contributed by atoms with E-state index in [1.807, 2.05) is 0 Å². The molecule has 1 N–H and O–H groups in total. The molecule has 0 aliphatic carbocycles. The van der Waals surface area contributed by atoms with Crippen LogP contribution >= 0.6 is 11.8 Å². The average molecular weight is 476 g/mol. The number of nitro benzene ring substituents is 1. The molecule has 34 heavy (non-hydrogen) atoms. The molecule has 0 aliphatic rings. The lowest BCUT2D eigenvalue weighted by atomic mass is 10.1. The van der Waals surface area contributed by atoms with Crippen molar-refractivity contribution in [3.05, 3.63) is 129 Å². The van der Waals surface area contributed by atoms with Gasteiger partial charge in [0.1, 0.15) is 5.82 Å². The number of hydrogen-bond donors (Lipinski definition) is 1. The lowest BCUT2D eigenvalue weighted by molar-refractivity contribution is -0.384. The summed E-state index contributed by atoms with van der Waals surface area (Å²) in [5, 5.41) is 14.0. The zero-order valence-electron chi connectivity index (χ0n) is 17.7. The summed E-state index contributed by atoms with van der Waals surface area (Å²) in [5.41, 5.74) is 1.03. The molecule has 7 nitrogen and oxygen atoms in total. The first-order valence-corrected chi connectivity index (χ1v) is 11.0. The van der Waals surface area contributed by atoms with E-state index in [1.54, 1.807) is 65.4 Å². The Morgan fingerprint density at radius 3 is 2.41 bits per heavy atom. The van der Waals surface area contributed by atoms with E-state index >= 15 is 0 Å². The van der Waals surface area contributed by atoms with Gasteiger partial charge in [0.15, 0.2) is 0 Å². The van der Waals surface area contributed by atoms with E-state index in [0.717, 1.165) is 17.3 Å². The van der Waals surface area contributed by atoms with Crippen LogP contribution in [0.3, 0.4) is 0 Å². The zero-order chi connectivity index (χ0) is 24.1. The Morgan fingerprint density at radius 2 is 1.71 bits per heavy atom. The molecule has 4 aromatic rings. The Hall–Kier alpha value is -4.24. The average Bonchev–Trinajstić information content (AvgIpc) is 2.83. The molecule has 0 fully saturated rings. The van der Waals surface area contributed by atoms with Gasteiger partial charge in [-0.3, -0.25) is 19.7 Å². The quantitative estimate of drug-likeness (QED) is 0.287. The van der Waals surface area contributed by atoms with Crippen LogP contribution in [0.4, 0.5) is 15.8 Å². The number of pyridine rings is 1. The van der Waals surface area contributed by atoms with Gasteiger partial charge in [-0.15, -0.1) is 0 Å². The third-order valence-corrected chi connectivity index (χ3v) is 6.07. The molecule has 0 aliphatic heterocycles. The van der Waals surface area contributed by atoms with E-state index in [-0.39, 0.29) is 16.8 Å². The molecule has 170 valence electrons. The summed E-state index contributed by atoms with van der Waals surface area (Å²) in [6.07, 6.45) is 1.69. The van der Waals surface area contributed by atoms with Gasteiger partial charge in [0.2, 0.25) is 0 Å². The Labute approximate surface area is 198 Å². The predicted octanol–water partition coefficient (Wildman–Crippen LogP) is 5.35. The molecule has 1 aromatic heterocycles. The van der Waals surface area contributed by atoms with Gasteiger partial charge in [-0.25, -0.2) is 4.39 Å². The van der Waals surface area contributed by atoms with Crippen molar-refractivity contribution < 1.29 is 14.1 Å². The van der Waals surface area contributed by atoms with Gasteiger partial charge in [-0.05, 0) is 42.0 Å². The van der Waals surface area contributed by atoms with Gasteiger partial charge < -0.3 is 9.88 Å². The fourth-order valence-corrected chi connectivity index (χ4v) is 4.17. The molecule has 0 unspecified atom stereocenters. The molecule has 0 saturated carbocycles. The highest BCUT2D eigenvalue weighted by Crippen LogP contribution is 2.34. The molecule has 1 heterocycles. The number of nitro groups is 1. The maximum atomic E-state index is 14.1. The first-order valence-electron chi connectivity index (χ1n) is 10.2. The van der Waals surface area contributed by atoms with Gasteiger partial charge >= 0.3 is 0 Å². The van der Waals surface area contributed by atoms with Crippen molar-refractivity contribution in [1.82, 2.24) is 4.57 Å². The number of nitrogens with one attached hydrogen (secondary N) is 1. The SMILES string of the molecule is O=C(Nc1ccc(Cn2ccccc2=O)cc1)c1cc([N+](=O)[O-])ccc1Sc1ccccc1F. The van der Waals surface area contributed by atoms with Crippen LogP contribution in [0.1, 0.15) is 15.9 Å². The number of aromatic nitrogens is 1. The van der Waals surface area contributed by atoms with Crippen molar-refractivity contribution in [2.75, 3.05) is 5.32 Å². The van der Waals surface area contributed by atoms with Crippen LogP contribution in [-0.2, 0) is 6.54 Å². The van der Waals surface area contributed by atoms with Crippen molar-refractivity contribution in [2.45, 2.75) is 16.3 Å². The first-order chi connectivity index (χ1) is 16.4. The summed E-state index contributed by atoms with van der Waals surface area (Å²) in [5.74, 6) is -1.01. The van der Waals surface area contributed by atoms with Crippen LogP contribution in [0.25, 0.3) is 0 Å². The second-order valence-electron chi connectivity index (χ2n) is 7.29. The standard InChI is InChI=1S/C25H18FN3O4S/c26-21-5-1-2-6-23(21)34-22-13-12-19(29(32)33)15-20(22)25(31)27-18-10-8-17(9-11-18)16-28-14-4-3-7-24(28)30/h1-15H,16H2,(H,27,31). The van der Waals surface area contributed by atoms with Crippen LogP contribution in [0.5, 0.6) is 0 Å². The van der Waals surface area contributed by atoms with Gasteiger partial charge in [-0.2, -0.15) is 0 Å². The van der Waals surface area contributed by atoms with Crippen LogP contribution in [0.2, 0.25) is 0 Å². The summed E-state index contributed by atoms with van der Waals surface area (Å²) >= 11 is 1.01. The monoisotopic (exact) mass is 475 g/mol. The fraction of sp³-hybridized carbons (Fsp3) is 0.0400. The van der Waals surface area contributed by atoms with E-state index in [1.165, 1.54) is 30.3 Å². The van der Waals surface area contributed by atoms with Crippen molar-refractivity contribution in [1.29, 1.82) is 0 Å². The molecule has 0 bridgehead atoms. The molecule has 4 rings (SSSR count). The number of rotatable bonds is 7. The van der Waals surface area contributed by atoms with E-state index in [9.17, 15) is 24.1 Å². The highest BCUT2D eigenvalue weighted by Gasteiger charge is 2.19. The lowest BCUT2D eigenvalue weighted by Crippen LogP contribution is -2.18. The second-order valence-corrected chi connectivity index (χ2v) is 8.37. The van der Waals surface area contributed by atoms with Crippen molar-refractivity contribution in [2.24, 2.45) is 0 Å². The van der Waals surface area contributed by atoms with E-state index in [4.69, 9.17) is 0 Å². The van der Waals surface area contributed by atoms with Crippen molar-refractivity contribution >= 4 is 29.0 Å². The maximum absolute atomic E-state index is 14.1. The number of nitrogens with zero attached hydrogens (tertiary/aromatic N) is 2. The minimum Gasteiger partial charge on any atom is -0.322 e. The topological polar surface area (TPSA) is 94.2 Å². The van der Waals surface area contributed by atoms with Crippen molar-refractivity contribution in [3.8, 4) is 0 Å². The third-order valence-electron chi connectivity index (χ3n) is 4.94. The molecule has 1 amide bonds. The van der Waals surface area contributed by atoms with Gasteiger partial charge in [0.25, 0.3) is 17.2 Å². The minimum absolute atomic E-state index is 0.0577. The van der Waals surface area contributed by atoms with E-state index in [0.29, 0.717) is 22.0 Å². The molecule has 9 heteroatoms. The Morgan fingerprint density at radius 1 is 0.971 bits per heavy atom. The molecule has 0 radical (unpaired) electrons. The third kappa shape index (κ3) is 5.38. The number of halogens is 1. The summed E-state index contributed by atoms with van der Waals surface area (Å²) in [7, 11) is 0. The predicted molar refractivity (Wildman–Crippen MR) is 128 cm³/mol. The Balaban J connectivity index is 1.56. The largest absolute Gasteiger partial charge is 0.322 e. The fourth-order valence-electron chi connectivity index (χ4n) is 3.22. The smallest absolute Gasteiger partial charge is 0.270 e. The number of benzene rings is 3. The van der Waals surface area contributed by atoms with Crippen LogP contribution in [0, 0.1) is 15.9 Å². The molecule has 0 atom stereocenters. The Bertz CT molecular complexity index is 1420. The van der Waals surface area contributed by atoms with Gasteiger partial charge in [0.05, 0.1) is 17.0 Å². The Kier molecular flexibility index (Phi) is 6.84. The van der Waals surface area contributed by atoms with E-state index in [2.05, 4.69) is 5.32 Å². The van der Waals surface area contributed by atoms with Crippen LogP contribution < -0.4 is 10.9 Å². The number of anilines is 1. The molecule has 0 spiro atoms. The molecule has 0 saturated heterocycles. The normalized spacial score (nSPS) is 10.6. The van der Waals surface area contributed by atoms with Crippen LogP contribution in [0.15, 0.2) is 106 Å². The summed E-state index contributed by atoms with van der Waals surface area (Å²) in [6, 6.07) is 21.8. The lowest BCUT2D eigenvalue weighted by Gasteiger charge is -2.11. The first kappa shape index (κ1) is 22.9. The highest BCUT2D eigenvalue weighted by molar-refractivity contribution is 7.99.